The van der Waals surface area contributed by atoms with Crippen LogP contribution in [0.3, 0.4) is 0 Å². The Morgan fingerprint density at radius 2 is 2.00 bits per heavy atom. The van der Waals surface area contributed by atoms with E-state index in [-0.39, 0.29) is 11.4 Å². The quantitative estimate of drug-likeness (QED) is 0.783. The Kier molecular flexibility index (Phi) is 5.85. The van der Waals surface area contributed by atoms with E-state index in [1.807, 2.05) is 0 Å². The van der Waals surface area contributed by atoms with Crippen LogP contribution in [-0.2, 0) is 4.74 Å². The highest BCUT2D eigenvalue weighted by Gasteiger charge is 2.32. The maximum absolute atomic E-state index is 12.0. The highest BCUT2D eigenvalue weighted by Crippen LogP contribution is 2.28. The van der Waals surface area contributed by atoms with Gasteiger partial charge in [-0.2, -0.15) is 0 Å². The SMILES string of the molecule is COCC1(CNC(=O)Nc2ccc(Cl)cc2)CCNCC1. The fourth-order valence-electron chi connectivity index (χ4n) is 2.61. The number of halogens is 1. The number of urea groups is 1. The van der Waals surface area contributed by atoms with Crippen molar-refractivity contribution in [3.63, 3.8) is 0 Å². The second-order valence-electron chi connectivity index (χ2n) is 5.50. The third-order valence-electron chi connectivity index (χ3n) is 3.84. The van der Waals surface area contributed by atoms with E-state index in [9.17, 15) is 4.79 Å². The van der Waals surface area contributed by atoms with Gasteiger partial charge >= 0.3 is 6.03 Å². The van der Waals surface area contributed by atoms with Crippen molar-refractivity contribution in [3.8, 4) is 0 Å². The molecule has 3 N–H and O–H groups in total. The number of carbonyl (C=O) groups excluding carboxylic acids is 1. The van der Waals surface area contributed by atoms with Gasteiger partial charge < -0.3 is 20.7 Å². The molecule has 2 rings (SSSR count). The standard InChI is InChI=1S/C15H22ClN3O2/c1-21-11-15(6-8-17-9-7-15)10-18-14(20)19-13-4-2-12(16)3-5-13/h2-5,17H,6-11H2,1H3,(H2,18,19,20). The summed E-state index contributed by atoms with van der Waals surface area (Å²) in [6.07, 6.45) is 2.00. The van der Waals surface area contributed by atoms with Crippen LogP contribution >= 0.6 is 11.6 Å². The van der Waals surface area contributed by atoms with Crippen molar-refractivity contribution < 1.29 is 9.53 Å². The van der Waals surface area contributed by atoms with Crippen LogP contribution in [0.1, 0.15) is 12.8 Å². The molecule has 1 aliphatic rings. The van der Waals surface area contributed by atoms with Crippen LogP contribution in [0.4, 0.5) is 10.5 Å². The summed E-state index contributed by atoms with van der Waals surface area (Å²) in [5, 5.41) is 9.74. The van der Waals surface area contributed by atoms with E-state index in [0.29, 0.717) is 18.2 Å². The third kappa shape index (κ3) is 4.88. The first-order chi connectivity index (χ1) is 10.1. The lowest BCUT2D eigenvalue weighted by atomic mass is 9.79. The van der Waals surface area contributed by atoms with Crippen molar-refractivity contribution >= 4 is 23.3 Å². The molecule has 6 heteroatoms. The lowest BCUT2D eigenvalue weighted by Gasteiger charge is -2.37. The molecule has 0 unspecified atom stereocenters. The van der Waals surface area contributed by atoms with Crippen LogP contribution in [0.5, 0.6) is 0 Å². The normalized spacial score (nSPS) is 17.2. The number of amides is 2. The Morgan fingerprint density at radius 3 is 2.62 bits per heavy atom. The van der Waals surface area contributed by atoms with E-state index in [2.05, 4.69) is 16.0 Å². The number of ether oxygens (including phenoxy) is 1. The molecule has 2 amide bonds. The van der Waals surface area contributed by atoms with Gasteiger partial charge in [0.1, 0.15) is 0 Å². The van der Waals surface area contributed by atoms with Crippen molar-refractivity contribution in [2.75, 3.05) is 38.7 Å². The molecule has 21 heavy (non-hydrogen) atoms. The molecule has 1 fully saturated rings. The Balaban J connectivity index is 1.85. The molecular formula is C15H22ClN3O2. The Bertz CT molecular complexity index is 453. The van der Waals surface area contributed by atoms with Gasteiger partial charge in [0.05, 0.1) is 6.61 Å². The smallest absolute Gasteiger partial charge is 0.319 e. The Labute approximate surface area is 130 Å². The maximum atomic E-state index is 12.0. The van der Waals surface area contributed by atoms with Crippen LogP contribution in [0.15, 0.2) is 24.3 Å². The molecule has 1 saturated heterocycles. The molecule has 1 aromatic rings. The number of carbonyl (C=O) groups is 1. The summed E-state index contributed by atoms with van der Waals surface area (Å²) in [6.45, 7) is 3.20. The second-order valence-corrected chi connectivity index (χ2v) is 5.93. The number of methoxy groups -OCH3 is 1. The first-order valence-electron chi connectivity index (χ1n) is 7.14. The van der Waals surface area contributed by atoms with E-state index < -0.39 is 0 Å². The zero-order valence-corrected chi connectivity index (χ0v) is 13.0. The highest BCUT2D eigenvalue weighted by molar-refractivity contribution is 6.30. The van der Waals surface area contributed by atoms with Crippen LogP contribution in [-0.4, -0.2) is 39.4 Å². The van der Waals surface area contributed by atoms with Gasteiger partial charge in [-0.3, -0.25) is 0 Å². The van der Waals surface area contributed by atoms with Crippen LogP contribution in [0.25, 0.3) is 0 Å². The second kappa shape index (κ2) is 7.64. The Morgan fingerprint density at radius 1 is 1.33 bits per heavy atom. The minimum atomic E-state index is -0.202. The van der Waals surface area contributed by atoms with Gasteiger partial charge in [0.25, 0.3) is 0 Å². The van der Waals surface area contributed by atoms with Crippen LogP contribution in [0.2, 0.25) is 5.02 Å². The molecule has 0 atom stereocenters. The van der Waals surface area contributed by atoms with Crippen LogP contribution in [0, 0.1) is 5.41 Å². The zero-order valence-electron chi connectivity index (χ0n) is 12.2. The van der Waals surface area contributed by atoms with E-state index >= 15 is 0 Å². The molecule has 0 aromatic heterocycles. The summed E-state index contributed by atoms with van der Waals surface area (Å²) in [5.74, 6) is 0. The number of hydrogen-bond acceptors (Lipinski definition) is 3. The molecule has 0 aliphatic carbocycles. The Hall–Kier alpha value is -1.30. The van der Waals surface area contributed by atoms with Gasteiger partial charge in [-0.1, -0.05) is 11.6 Å². The number of benzene rings is 1. The molecule has 5 nitrogen and oxygen atoms in total. The minimum Gasteiger partial charge on any atom is -0.384 e. The van der Waals surface area contributed by atoms with Gasteiger partial charge in [0, 0.05) is 29.8 Å². The monoisotopic (exact) mass is 311 g/mol. The van der Waals surface area contributed by atoms with E-state index in [1.54, 1.807) is 31.4 Å². The van der Waals surface area contributed by atoms with Crippen molar-refractivity contribution in [3.05, 3.63) is 29.3 Å². The summed E-state index contributed by atoms with van der Waals surface area (Å²) in [5.41, 5.74) is 0.750. The lowest BCUT2D eigenvalue weighted by molar-refractivity contribution is 0.0558. The number of rotatable bonds is 5. The van der Waals surface area contributed by atoms with Crippen LogP contribution < -0.4 is 16.0 Å². The van der Waals surface area contributed by atoms with Gasteiger partial charge in [-0.25, -0.2) is 4.79 Å². The van der Waals surface area contributed by atoms with E-state index in [0.717, 1.165) is 31.6 Å². The zero-order chi connectivity index (χ0) is 15.1. The summed E-state index contributed by atoms with van der Waals surface area (Å²) in [6, 6.07) is 6.84. The first-order valence-corrected chi connectivity index (χ1v) is 7.51. The van der Waals surface area contributed by atoms with Gasteiger partial charge in [0.15, 0.2) is 0 Å². The number of hydrogen-bond donors (Lipinski definition) is 3. The molecule has 0 radical (unpaired) electrons. The maximum Gasteiger partial charge on any atom is 0.319 e. The number of nitrogens with one attached hydrogen (secondary N) is 3. The average Bonchev–Trinajstić information content (AvgIpc) is 2.49. The topological polar surface area (TPSA) is 62.4 Å². The summed E-state index contributed by atoms with van der Waals surface area (Å²) < 4.78 is 5.33. The molecule has 0 bridgehead atoms. The van der Waals surface area contributed by atoms with Crippen molar-refractivity contribution in [1.82, 2.24) is 10.6 Å². The molecule has 0 saturated carbocycles. The number of piperidine rings is 1. The average molecular weight is 312 g/mol. The van der Waals surface area contributed by atoms with E-state index in [4.69, 9.17) is 16.3 Å². The molecule has 116 valence electrons. The molecule has 1 aromatic carbocycles. The predicted octanol–water partition coefficient (Wildman–Crippen LogP) is 2.48. The summed E-state index contributed by atoms with van der Waals surface area (Å²) in [7, 11) is 1.71. The van der Waals surface area contributed by atoms with Gasteiger partial charge in [-0.15, -0.1) is 0 Å². The fraction of sp³-hybridized carbons (Fsp3) is 0.533. The fourth-order valence-corrected chi connectivity index (χ4v) is 2.74. The first kappa shape index (κ1) is 16.1. The summed E-state index contributed by atoms with van der Waals surface area (Å²) >= 11 is 5.82. The largest absolute Gasteiger partial charge is 0.384 e. The molecule has 1 aliphatic heterocycles. The van der Waals surface area contributed by atoms with Crippen molar-refractivity contribution in [2.24, 2.45) is 5.41 Å². The summed E-state index contributed by atoms with van der Waals surface area (Å²) in [4.78, 5) is 12.0. The lowest BCUT2D eigenvalue weighted by Crippen LogP contribution is -2.47. The van der Waals surface area contributed by atoms with Gasteiger partial charge in [0.2, 0.25) is 0 Å². The van der Waals surface area contributed by atoms with Crippen molar-refractivity contribution in [1.29, 1.82) is 0 Å². The third-order valence-corrected chi connectivity index (χ3v) is 4.09. The molecule has 1 heterocycles. The van der Waals surface area contributed by atoms with Gasteiger partial charge in [-0.05, 0) is 50.2 Å². The molecular weight excluding hydrogens is 290 g/mol. The van der Waals surface area contributed by atoms with Crippen molar-refractivity contribution in [2.45, 2.75) is 12.8 Å². The minimum absolute atomic E-state index is 0.0251. The predicted molar refractivity (Wildman–Crippen MR) is 84.9 cm³/mol. The number of anilines is 1. The molecule has 0 spiro atoms. The highest BCUT2D eigenvalue weighted by atomic mass is 35.5. The van der Waals surface area contributed by atoms with E-state index in [1.165, 1.54) is 0 Å².